The van der Waals surface area contributed by atoms with E-state index >= 15 is 0 Å². The monoisotopic (exact) mass is 264 g/mol. The summed E-state index contributed by atoms with van der Waals surface area (Å²) in [4.78, 5) is 0. The minimum absolute atomic E-state index is 0.273. The van der Waals surface area contributed by atoms with Gasteiger partial charge in [-0.25, -0.2) is 0 Å². The number of aliphatic hydroxyl groups is 1. The maximum absolute atomic E-state index is 11.9. The molecule has 0 radical (unpaired) electrons. The van der Waals surface area contributed by atoms with Gasteiger partial charge in [0.2, 0.25) is 0 Å². The van der Waals surface area contributed by atoms with Crippen LogP contribution in [-0.2, 0) is 23.1 Å². The van der Waals surface area contributed by atoms with Gasteiger partial charge in [-0.3, -0.25) is 8.89 Å². The van der Waals surface area contributed by atoms with E-state index in [0.717, 1.165) is 5.56 Å². The molecule has 0 unspecified atom stereocenters. The van der Waals surface area contributed by atoms with Crippen molar-refractivity contribution in [1.82, 2.24) is 9.78 Å². The number of nitrogens with zero attached hydrogens (tertiary/aromatic N) is 2. The first-order valence-electron chi connectivity index (χ1n) is 5.78. The fourth-order valence-electron chi connectivity index (χ4n) is 1.71. The largest absolute Gasteiger partial charge is 0.390 e. The van der Waals surface area contributed by atoms with Crippen molar-refractivity contribution >= 4 is 10.8 Å². The minimum atomic E-state index is -1.05. The summed E-state index contributed by atoms with van der Waals surface area (Å²) in [5.41, 5.74) is 1.03. The Morgan fingerprint density at radius 1 is 1.28 bits per heavy atom. The topological polar surface area (TPSA) is 55.1 Å². The van der Waals surface area contributed by atoms with E-state index < -0.39 is 16.9 Å². The Hall–Kier alpha value is -1.46. The third-order valence-electron chi connectivity index (χ3n) is 2.51. The molecule has 0 aliphatic rings. The van der Waals surface area contributed by atoms with Crippen LogP contribution in [-0.4, -0.2) is 31.0 Å². The van der Waals surface area contributed by atoms with E-state index in [-0.39, 0.29) is 5.75 Å². The zero-order valence-corrected chi connectivity index (χ0v) is 10.8. The van der Waals surface area contributed by atoms with E-state index in [0.29, 0.717) is 12.3 Å². The Kier molecular flexibility index (Phi) is 4.66. The Morgan fingerprint density at radius 3 is 2.72 bits per heavy atom. The summed E-state index contributed by atoms with van der Waals surface area (Å²) in [7, 11) is -1.05. The van der Waals surface area contributed by atoms with E-state index in [1.165, 1.54) is 0 Å². The molecule has 18 heavy (non-hydrogen) atoms. The van der Waals surface area contributed by atoms with Crippen LogP contribution in [0.5, 0.6) is 0 Å². The Labute approximate surface area is 109 Å². The molecule has 2 aromatic rings. The standard InChI is InChI=1S/C13H16N2O2S/c16-13(9-15-8-4-7-14-15)11-18(17)10-12-5-2-1-3-6-12/h1-8,13,16H,9-11H2/t13-,18+/m1/s1. The third-order valence-corrected chi connectivity index (χ3v) is 3.92. The average molecular weight is 264 g/mol. The molecule has 1 heterocycles. The second-order valence-electron chi connectivity index (χ2n) is 4.12. The summed E-state index contributed by atoms with van der Waals surface area (Å²) in [5.74, 6) is 0.756. The number of aromatic nitrogens is 2. The average Bonchev–Trinajstić information content (AvgIpc) is 2.82. The zero-order valence-electron chi connectivity index (χ0n) is 9.98. The van der Waals surface area contributed by atoms with Gasteiger partial charge < -0.3 is 5.11 Å². The molecule has 1 aromatic heterocycles. The maximum Gasteiger partial charge on any atom is 0.0851 e. The zero-order chi connectivity index (χ0) is 12.8. The Morgan fingerprint density at radius 2 is 2.06 bits per heavy atom. The van der Waals surface area contributed by atoms with Gasteiger partial charge >= 0.3 is 0 Å². The molecule has 0 saturated heterocycles. The Balaban J connectivity index is 1.80. The summed E-state index contributed by atoms with van der Waals surface area (Å²) in [6.45, 7) is 0.382. The van der Waals surface area contributed by atoms with Gasteiger partial charge in [0.15, 0.2) is 0 Å². The predicted octanol–water partition coefficient (Wildman–Crippen LogP) is 1.19. The Bertz CT molecular complexity index is 485. The van der Waals surface area contributed by atoms with Gasteiger partial charge in [-0.15, -0.1) is 0 Å². The summed E-state index contributed by atoms with van der Waals surface area (Å²) in [6, 6.07) is 11.5. The molecule has 0 aliphatic carbocycles. The van der Waals surface area contributed by atoms with E-state index in [1.807, 2.05) is 30.3 Å². The smallest absolute Gasteiger partial charge is 0.0851 e. The molecule has 1 aromatic carbocycles. The molecule has 2 atom stereocenters. The summed E-state index contributed by atoms with van der Waals surface area (Å²) < 4.78 is 13.5. The molecule has 96 valence electrons. The molecule has 2 rings (SSSR count). The first kappa shape index (κ1) is 13.0. The van der Waals surface area contributed by atoms with Crippen molar-refractivity contribution in [3.8, 4) is 0 Å². The molecule has 0 fully saturated rings. The van der Waals surface area contributed by atoms with Crippen LogP contribution in [0.25, 0.3) is 0 Å². The highest BCUT2D eigenvalue weighted by Gasteiger charge is 2.10. The fraction of sp³-hybridized carbons (Fsp3) is 0.308. The van der Waals surface area contributed by atoms with Crippen molar-refractivity contribution in [1.29, 1.82) is 0 Å². The summed E-state index contributed by atoms with van der Waals surface area (Å²) in [6.07, 6.45) is 2.81. The normalized spacial score (nSPS) is 14.3. The number of aliphatic hydroxyl groups excluding tert-OH is 1. The van der Waals surface area contributed by atoms with Gasteiger partial charge in [0.05, 0.1) is 18.4 Å². The lowest BCUT2D eigenvalue weighted by atomic mass is 10.2. The van der Waals surface area contributed by atoms with Crippen molar-refractivity contribution in [2.45, 2.75) is 18.4 Å². The lowest BCUT2D eigenvalue weighted by molar-refractivity contribution is 0.172. The van der Waals surface area contributed by atoms with Crippen LogP contribution in [0.4, 0.5) is 0 Å². The molecule has 0 amide bonds. The van der Waals surface area contributed by atoms with Crippen LogP contribution >= 0.6 is 0 Å². The lowest BCUT2D eigenvalue weighted by Crippen LogP contribution is -2.23. The van der Waals surface area contributed by atoms with E-state index in [1.54, 1.807) is 23.1 Å². The molecule has 1 N–H and O–H groups in total. The third kappa shape index (κ3) is 4.09. The molecule has 4 nitrogen and oxygen atoms in total. The molecular weight excluding hydrogens is 248 g/mol. The number of hydrogen-bond acceptors (Lipinski definition) is 3. The van der Waals surface area contributed by atoms with Crippen molar-refractivity contribution in [3.05, 3.63) is 54.4 Å². The molecule has 5 heteroatoms. The van der Waals surface area contributed by atoms with Gasteiger partial charge in [-0.2, -0.15) is 5.10 Å². The van der Waals surface area contributed by atoms with Crippen LogP contribution in [0.2, 0.25) is 0 Å². The van der Waals surface area contributed by atoms with E-state index in [4.69, 9.17) is 0 Å². The SMILES string of the molecule is O=[S@@](Cc1ccccc1)C[C@H](O)Cn1cccn1. The first-order valence-corrected chi connectivity index (χ1v) is 7.27. The second kappa shape index (κ2) is 6.47. The first-order chi connectivity index (χ1) is 8.74. The van der Waals surface area contributed by atoms with Gasteiger partial charge in [-0.05, 0) is 11.6 Å². The van der Waals surface area contributed by atoms with Gasteiger partial charge in [0.25, 0.3) is 0 Å². The van der Waals surface area contributed by atoms with Crippen molar-refractivity contribution in [3.63, 3.8) is 0 Å². The maximum atomic E-state index is 11.9. The number of hydrogen-bond donors (Lipinski definition) is 1. The van der Waals surface area contributed by atoms with E-state index in [2.05, 4.69) is 5.10 Å². The second-order valence-corrected chi connectivity index (χ2v) is 5.62. The fourth-order valence-corrected chi connectivity index (χ4v) is 2.93. The van der Waals surface area contributed by atoms with Crippen molar-refractivity contribution in [2.24, 2.45) is 0 Å². The van der Waals surface area contributed by atoms with Crippen molar-refractivity contribution < 1.29 is 9.32 Å². The quantitative estimate of drug-likeness (QED) is 0.852. The molecule has 0 aliphatic heterocycles. The van der Waals surface area contributed by atoms with Crippen molar-refractivity contribution in [2.75, 3.05) is 5.75 Å². The van der Waals surface area contributed by atoms with Gasteiger partial charge in [-0.1, -0.05) is 30.3 Å². The van der Waals surface area contributed by atoms with Crippen LogP contribution in [0, 0.1) is 0 Å². The van der Waals surface area contributed by atoms with Crippen LogP contribution in [0.3, 0.4) is 0 Å². The van der Waals surface area contributed by atoms with Crippen LogP contribution in [0.1, 0.15) is 5.56 Å². The minimum Gasteiger partial charge on any atom is -0.390 e. The van der Waals surface area contributed by atoms with Gasteiger partial charge in [0, 0.05) is 28.9 Å². The van der Waals surface area contributed by atoms with Gasteiger partial charge in [0.1, 0.15) is 0 Å². The number of rotatable bonds is 6. The molecule has 0 spiro atoms. The highest BCUT2D eigenvalue weighted by atomic mass is 32.2. The molecular formula is C13H16N2O2S. The summed E-state index contributed by atoms with van der Waals surface area (Å²) >= 11 is 0. The summed E-state index contributed by atoms with van der Waals surface area (Å²) in [5, 5.41) is 13.8. The highest BCUT2D eigenvalue weighted by Crippen LogP contribution is 2.04. The van der Waals surface area contributed by atoms with Crippen LogP contribution < -0.4 is 0 Å². The van der Waals surface area contributed by atoms with E-state index in [9.17, 15) is 9.32 Å². The lowest BCUT2D eigenvalue weighted by Gasteiger charge is -2.10. The number of benzene rings is 1. The molecule has 0 saturated carbocycles. The molecule has 0 bridgehead atoms. The predicted molar refractivity (Wildman–Crippen MR) is 71.4 cm³/mol. The highest BCUT2D eigenvalue weighted by molar-refractivity contribution is 7.84. The van der Waals surface area contributed by atoms with Crippen LogP contribution in [0.15, 0.2) is 48.8 Å².